The van der Waals surface area contributed by atoms with Crippen molar-refractivity contribution >= 4 is 11.6 Å². The van der Waals surface area contributed by atoms with E-state index in [0.29, 0.717) is 23.0 Å². The van der Waals surface area contributed by atoms with Crippen LogP contribution >= 0.6 is 0 Å². The standard InChI is InChI=1S/C22H24O2/c23-21-17-11-5-6-12-18(17)22(24)20-16-10-4-2-8-14(16)13-7-1-3-9-15(13)19(20)21/h5-6,11-12,15-16,19-20H,1-4,7-10H2. The van der Waals surface area contributed by atoms with Crippen molar-refractivity contribution in [3.05, 3.63) is 46.5 Å². The topological polar surface area (TPSA) is 34.1 Å². The normalized spacial score (nSPS) is 35.0. The van der Waals surface area contributed by atoms with E-state index in [1.165, 1.54) is 38.5 Å². The SMILES string of the molecule is O=C1c2ccccc2C(=O)C2C3CCCCC3=C3CCCCC3C12. The zero-order valence-electron chi connectivity index (χ0n) is 14.1. The van der Waals surface area contributed by atoms with Crippen molar-refractivity contribution in [1.82, 2.24) is 0 Å². The molecule has 2 heteroatoms. The maximum Gasteiger partial charge on any atom is 0.168 e. The summed E-state index contributed by atoms with van der Waals surface area (Å²) in [7, 11) is 0. The molecule has 124 valence electrons. The maximum atomic E-state index is 13.4. The molecule has 5 rings (SSSR count). The fourth-order valence-corrected chi connectivity index (χ4v) is 6.13. The van der Waals surface area contributed by atoms with Gasteiger partial charge in [0, 0.05) is 23.0 Å². The van der Waals surface area contributed by atoms with Crippen LogP contribution in [0.5, 0.6) is 0 Å². The third-order valence-electron chi connectivity index (χ3n) is 7.05. The Morgan fingerprint density at radius 1 is 0.667 bits per heavy atom. The van der Waals surface area contributed by atoms with E-state index in [0.717, 1.165) is 12.8 Å². The third kappa shape index (κ3) is 1.89. The Bertz CT molecular complexity index is 694. The van der Waals surface area contributed by atoms with Crippen LogP contribution in [-0.4, -0.2) is 11.6 Å². The quantitative estimate of drug-likeness (QED) is 0.631. The molecule has 0 N–H and O–H groups in total. The number of allylic oxidation sites excluding steroid dienone is 2. The van der Waals surface area contributed by atoms with E-state index in [4.69, 9.17) is 0 Å². The van der Waals surface area contributed by atoms with Gasteiger partial charge < -0.3 is 0 Å². The van der Waals surface area contributed by atoms with Crippen molar-refractivity contribution < 1.29 is 9.59 Å². The van der Waals surface area contributed by atoms with Crippen molar-refractivity contribution in [1.29, 1.82) is 0 Å². The molecule has 2 nitrogen and oxygen atoms in total. The Morgan fingerprint density at radius 3 is 1.58 bits per heavy atom. The average Bonchev–Trinajstić information content (AvgIpc) is 2.65. The van der Waals surface area contributed by atoms with Gasteiger partial charge in [-0.2, -0.15) is 0 Å². The number of benzene rings is 1. The van der Waals surface area contributed by atoms with Crippen LogP contribution in [0.1, 0.15) is 72.1 Å². The van der Waals surface area contributed by atoms with Gasteiger partial charge in [0.15, 0.2) is 11.6 Å². The zero-order chi connectivity index (χ0) is 16.3. The molecule has 4 unspecified atom stereocenters. The van der Waals surface area contributed by atoms with Gasteiger partial charge in [0.1, 0.15) is 0 Å². The van der Waals surface area contributed by atoms with Gasteiger partial charge in [-0.15, -0.1) is 0 Å². The third-order valence-corrected chi connectivity index (χ3v) is 7.05. The summed E-state index contributed by atoms with van der Waals surface area (Å²) in [6, 6.07) is 7.54. The molecule has 0 aliphatic heterocycles. The van der Waals surface area contributed by atoms with E-state index in [9.17, 15) is 9.59 Å². The van der Waals surface area contributed by atoms with Crippen LogP contribution in [0.3, 0.4) is 0 Å². The number of carbonyl (C=O) groups is 2. The molecule has 1 aromatic carbocycles. The van der Waals surface area contributed by atoms with E-state index in [2.05, 4.69) is 0 Å². The highest BCUT2D eigenvalue weighted by Crippen LogP contribution is 2.55. The summed E-state index contributed by atoms with van der Waals surface area (Å²) < 4.78 is 0. The van der Waals surface area contributed by atoms with Gasteiger partial charge in [-0.25, -0.2) is 0 Å². The molecular formula is C22H24O2. The van der Waals surface area contributed by atoms with Crippen LogP contribution in [0.2, 0.25) is 0 Å². The van der Waals surface area contributed by atoms with Crippen LogP contribution in [0, 0.1) is 23.7 Å². The number of hydrogen-bond donors (Lipinski definition) is 0. The molecule has 1 aromatic rings. The van der Waals surface area contributed by atoms with E-state index < -0.39 is 0 Å². The van der Waals surface area contributed by atoms with Gasteiger partial charge in [-0.05, 0) is 50.4 Å². The van der Waals surface area contributed by atoms with Crippen LogP contribution in [0.25, 0.3) is 0 Å². The fourth-order valence-electron chi connectivity index (χ4n) is 6.13. The molecule has 0 bridgehead atoms. The second kappa shape index (κ2) is 5.40. The minimum atomic E-state index is -0.0745. The summed E-state index contributed by atoms with van der Waals surface area (Å²) in [5.74, 6) is 1.05. The molecule has 0 aromatic heterocycles. The van der Waals surface area contributed by atoms with E-state index in [1.807, 2.05) is 24.3 Å². The van der Waals surface area contributed by atoms with Crippen LogP contribution in [0.15, 0.2) is 35.4 Å². The number of ketones is 2. The molecule has 4 aliphatic carbocycles. The van der Waals surface area contributed by atoms with Gasteiger partial charge in [0.2, 0.25) is 0 Å². The minimum absolute atomic E-state index is 0.0745. The van der Waals surface area contributed by atoms with Gasteiger partial charge in [0.05, 0.1) is 0 Å². The van der Waals surface area contributed by atoms with Crippen LogP contribution in [-0.2, 0) is 0 Å². The lowest BCUT2D eigenvalue weighted by Crippen LogP contribution is -2.49. The average molecular weight is 320 g/mol. The second-order valence-corrected chi connectivity index (χ2v) is 8.08. The first-order valence-electron chi connectivity index (χ1n) is 9.66. The fraction of sp³-hybridized carbons (Fsp3) is 0.545. The summed E-state index contributed by atoms with van der Waals surface area (Å²) in [5, 5.41) is 0. The van der Waals surface area contributed by atoms with Crippen LogP contribution < -0.4 is 0 Å². The maximum absolute atomic E-state index is 13.4. The molecule has 0 saturated heterocycles. The Balaban J connectivity index is 1.70. The molecule has 4 aliphatic rings. The van der Waals surface area contributed by atoms with Crippen molar-refractivity contribution in [3.63, 3.8) is 0 Å². The first-order valence-corrected chi connectivity index (χ1v) is 9.66. The number of fused-ring (bicyclic) bond motifs is 6. The lowest BCUT2D eigenvalue weighted by molar-refractivity contribution is 0.0544. The lowest BCUT2D eigenvalue weighted by atomic mass is 9.53. The van der Waals surface area contributed by atoms with Crippen molar-refractivity contribution in [2.24, 2.45) is 23.7 Å². The highest BCUT2D eigenvalue weighted by Gasteiger charge is 2.53. The van der Waals surface area contributed by atoms with Gasteiger partial charge in [-0.3, -0.25) is 9.59 Å². The van der Waals surface area contributed by atoms with E-state index in [1.54, 1.807) is 11.1 Å². The molecular weight excluding hydrogens is 296 g/mol. The molecule has 2 saturated carbocycles. The molecule has 24 heavy (non-hydrogen) atoms. The Kier molecular flexibility index (Phi) is 3.29. The largest absolute Gasteiger partial charge is 0.294 e. The first kappa shape index (κ1) is 14.6. The number of rotatable bonds is 0. The van der Waals surface area contributed by atoms with E-state index >= 15 is 0 Å². The summed E-state index contributed by atoms with van der Waals surface area (Å²) in [6.07, 6.45) is 9.49. The second-order valence-electron chi connectivity index (χ2n) is 8.08. The number of carbonyl (C=O) groups excluding carboxylic acids is 2. The van der Waals surface area contributed by atoms with Crippen molar-refractivity contribution in [3.8, 4) is 0 Å². The smallest absolute Gasteiger partial charge is 0.168 e. The molecule has 0 amide bonds. The van der Waals surface area contributed by atoms with Gasteiger partial charge >= 0.3 is 0 Å². The first-order chi connectivity index (χ1) is 11.8. The predicted molar refractivity (Wildman–Crippen MR) is 93.0 cm³/mol. The monoisotopic (exact) mass is 320 g/mol. The van der Waals surface area contributed by atoms with Crippen LogP contribution in [0.4, 0.5) is 0 Å². The molecule has 0 heterocycles. The number of Topliss-reactive ketones (excluding diaryl/α,β-unsaturated/α-hetero) is 2. The Morgan fingerprint density at radius 2 is 1.12 bits per heavy atom. The number of hydrogen-bond acceptors (Lipinski definition) is 2. The summed E-state index contributed by atoms with van der Waals surface area (Å²) in [5.41, 5.74) is 4.56. The molecule has 0 radical (unpaired) electrons. The molecule has 4 atom stereocenters. The minimum Gasteiger partial charge on any atom is -0.294 e. The summed E-state index contributed by atoms with van der Waals surface area (Å²) in [6.45, 7) is 0. The highest BCUT2D eigenvalue weighted by molar-refractivity contribution is 6.16. The van der Waals surface area contributed by atoms with Gasteiger partial charge in [0.25, 0.3) is 0 Å². The summed E-state index contributed by atoms with van der Waals surface area (Å²) >= 11 is 0. The highest BCUT2D eigenvalue weighted by atomic mass is 16.1. The Hall–Kier alpha value is -1.70. The van der Waals surface area contributed by atoms with Gasteiger partial charge in [-0.1, -0.05) is 48.3 Å². The van der Waals surface area contributed by atoms with E-state index in [-0.39, 0.29) is 23.4 Å². The van der Waals surface area contributed by atoms with Crippen molar-refractivity contribution in [2.45, 2.75) is 51.4 Å². The summed E-state index contributed by atoms with van der Waals surface area (Å²) in [4.78, 5) is 26.7. The predicted octanol–water partition coefficient (Wildman–Crippen LogP) is 4.99. The molecule has 0 spiro atoms. The lowest BCUT2D eigenvalue weighted by Gasteiger charge is -2.49. The molecule has 2 fully saturated rings. The van der Waals surface area contributed by atoms with Crippen molar-refractivity contribution in [2.75, 3.05) is 0 Å². The Labute approximate surface area is 143 Å². The zero-order valence-corrected chi connectivity index (χ0v) is 14.1.